The molecule has 1 aromatic carbocycles. The number of halogens is 3. The van der Waals surface area contributed by atoms with E-state index in [0.29, 0.717) is 5.56 Å². The number of alkyl halides is 3. The highest BCUT2D eigenvalue weighted by Crippen LogP contribution is 2.29. The third-order valence-electron chi connectivity index (χ3n) is 2.32. The molecule has 0 aliphatic carbocycles. The molecule has 0 radical (unpaired) electrons. The van der Waals surface area contributed by atoms with Crippen LogP contribution in [0.1, 0.15) is 11.1 Å². The van der Waals surface area contributed by atoms with Gasteiger partial charge in [0.25, 0.3) is 0 Å². The van der Waals surface area contributed by atoms with Crippen LogP contribution in [0.2, 0.25) is 6.04 Å². The lowest BCUT2D eigenvalue weighted by molar-refractivity contribution is -0.137. The molecule has 0 aromatic heterocycles. The van der Waals surface area contributed by atoms with Crippen LogP contribution in [0, 0.1) is 0 Å². The van der Waals surface area contributed by atoms with Gasteiger partial charge in [0.1, 0.15) is 0 Å². The van der Waals surface area contributed by atoms with E-state index in [1.165, 1.54) is 19.2 Å². The van der Waals surface area contributed by atoms with Crippen molar-refractivity contribution in [2.45, 2.75) is 18.6 Å². The molecule has 0 aliphatic heterocycles. The maximum absolute atomic E-state index is 12.4. The summed E-state index contributed by atoms with van der Waals surface area (Å²) in [5, 5.41) is 0. The van der Waals surface area contributed by atoms with Crippen LogP contribution in [0.4, 0.5) is 13.2 Å². The van der Waals surface area contributed by atoms with E-state index < -0.39 is 20.5 Å². The average Bonchev–Trinajstić information content (AvgIpc) is 2.26. The van der Waals surface area contributed by atoms with Crippen LogP contribution in [-0.2, 0) is 17.0 Å². The summed E-state index contributed by atoms with van der Waals surface area (Å²) >= 11 is 0. The van der Waals surface area contributed by atoms with E-state index in [9.17, 15) is 22.8 Å². The minimum atomic E-state index is -4.38. The Kier molecular flexibility index (Phi) is 4.31. The molecule has 0 spiro atoms. The Hall–Kier alpha value is -0.893. The van der Waals surface area contributed by atoms with Crippen molar-refractivity contribution in [1.82, 2.24) is 0 Å². The summed E-state index contributed by atoms with van der Waals surface area (Å²) in [6.45, 7) is 0. The van der Waals surface area contributed by atoms with Crippen molar-refractivity contribution in [3.05, 3.63) is 35.4 Å². The van der Waals surface area contributed by atoms with Gasteiger partial charge in [-0.3, -0.25) is 0 Å². The van der Waals surface area contributed by atoms with Gasteiger partial charge in [0.15, 0.2) is 0 Å². The van der Waals surface area contributed by atoms with Crippen molar-refractivity contribution >= 4 is 8.80 Å². The quantitative estimate of drug-likeness (QED) is 0.817. The highest BCUT2D eigenvalue weighted by Gasteiger charge is 2.32. The Morgan fingerprint density at radius 3 is 2.47 bits per heavy atom. The first-order valence-electron chi connectivity index (χ1n) is 4.91. The smallest absolute Gasteiger partial charge is 0.390 e. The van der Waals surface area contributed by atoms with Gasteiger partial charge in [-0.2, -0.15) is 13.2 Å². The number of hydrogen-bond donors (Lipinski definition) is 2. The molecule has 96 valence electrons. The lowest BCUT2D eigenvalue weighted by Crippen LogP contribution is -2.37. The third-order valence-corrected chi connectivity index (χ3v) is 3.88. The second-order valence-electron chi connectivity index (χ2n) is 3.65. The molecule has 17 heavy (non-hydrogen) atoms. The predicted octanol–water partition coefficient (Wildman–Crippen LogP) is 1.82. The molecule has 0 bridgehead atoms. The fourth-order valence-corrected chi connectivity index (χ4v) is 2.13. The molecule has 0 aliphatic rings. The van der Waals surface area contributed by atoms with E-state index in [4.69, 9.17) is 0 Å². The lowest BCUT2D eigenvalue weighted by atomic mass is 10.1. The van der Waals surface area contributed by atoms with Crippen LogP contribution in [0.3, 0.4) is 0 Å². The van der Waals surface area contributed by atoms with E-state index in [1.54, 1.807) is 0 Å². The van der Waals surface area contributed by atoms with Gasteiger partial charge in [0, 0.05) is 13.2 Å². The van der Waals surface area contributed by atoms with Gasteiger partial charge in [0.05, 0.1) is 5.56 Å². The summed E-state index contributed by atoms with van der Waals surface area (Å²) in [6, 6.07) is 4.71. The van der Waals surface area contributed by atoms with Gasteiger partial charge < -0.3 is 14.0 Å². The van der Waals surface area contributed by atoms with Gasteiger partial charge >= 0.3 is 15.0 Å². The highest BCUT2D eigenvalue weighted by molar-refractivity contribution is 6.57. The molecule has 0 amide bonds. The molecule has 3 nitrogen and oxygen atoms in total. The molecule has 0 heterocycles. The fraction of sp³-hybridized carbons (Fsp3) is 0.400. The molecule has 0 saturated carbocycles. The molecular formula is C10H13F3O3Si. The first-order valence-corrected chi connectivity index (χ1v) is 6.91. The standard InChI is InChI=1S/C10H13F3O3Si/c1-16-17(14,15)6-5-8-3-2-4-9(7-8)10(11,12)13/h2-4,7,14-15H,5-6H2,1H3. The predicted molar refractivity (Wildman–Crippen MR) is 57.2 cm³/mol. The molecule has 1 aromatic rings. The van der Waals surface area contributed by atoms with E-state index >= 15 is 0 Å². The van der Waals surface area contributed by atoms with Gasteiger partial charge in [-0.15, -0.1) is 0 Å². The zero-order chi connectivity index (χ0) is 13.1. The van der Waals surface area contributed by atoms with Gasteiger partial charge in [-0.1, -0.05) is 18.2 Å². The number of benzene rings is 1. The van der Waals surface area contributed by atoms with E-state index in [2.05, 4.69) is 4.43 Å². The largest absolute Gasteiger partial charge is 0.495 e. The Morgan fingerprint density at radius 1 is 1.29 bits per heavy atom. The van der Waals surface area contributed by atoms with E-state index in [1.807, 2.05) is 0 Å². The summed E-state index contributed by atoms with van der Waals surface area (Å²) in [5.41, 5.74) is -0.340. The van der Waals surface area contributed by atoms with Crippen molar-refractivity contribution in [3.63, 3.8) is 0 Å². The normalized spacial score (nSPS) is 12.8. The van der Waals surface area contributed by atoms with Crippen LogP contribution >= 0.6 is 0 Å². The Morgan fingerprint density at radius 2 is 1.94 bits per heavy atom. The molecule has 7 heteroatoms. The molecule has 2 N–H and O–H groups in total. The highest BCUT2D eigenvalue weighted by atomic mass is 28.4. The maximum atomic E-state index is 12.4. The van der Waals surface area contributed by atoms with Gasteiger partial charge in [-0.25, -0.2) is 0 Å². The van der Waals surface area contributed by atoms with Crippen molar-refractivity contribution in [3.8, 4) is 0 Å². The summed E-state index contributed by atoms with van der Waals surface area (Å²) in [7, 11) is -2.54. The molecule has 0 atom stereocenters. The first-order chi connectivity index (χ1) is 7.74. The lowest BCUT2D eigenvalue weighted by Gasteiger charge is -2.15. The zero-order valence-corrected chi connectivity index (χ0v) is 10.2. The third kappa shape index (κ3) is 4.47. The summed E-state index contributed by atoms with van der Waals surface area (Å²) in [5.74, 6) is 0. The minimum Gasteiger partial charge on any atom is -0.390 e. The van der Waals surface area contributed by atoms with Crippen LogP contribution < -0.4 is 0 Å². The van der Waals surface area contributed by atoms with E-state index in [0.717, 1.165) is 12.1 Å². The van der Waals surface area contributed by atoms with E-state index in [-0.39, 0.29) is 12.5 Å². The van der Waals surface area contributed by atoms with Gasteiger partial charge in [-0.05, 0) is 18.1 Å². The van der Waals surface area contributed by atoms with Crippen LogP contribution in [0.25, 0.3) is 0 Å². The topological polar surface area (TPSA) is 49.7 Å². The molecule has 0 saturated heterocycles. The minimum absolute atomic E-state index is 0.0647. The zero-order valence-electron chi connectivity index (χ0n) is 9.16. The van der Waals surface area contributed by atoms with Gasteiger partial charge in [0.2, 0.25) is 0 Å². The second kappa shape index (κ2) is 5.17. The molecular weight excluding hydrogens is 253 g/mol. The van der Waals surface area contributed by atoms with Crippen molar-refractivity contribution in [2.24, 2.45) is 0 Å². The molecule has 0 fully saturated rings. The SMILES string of the molecule is CO[Si](O)(O)CCc1cccc(C(F)(F)F)c1. The number of rotatable bonds is 4. The van der Waals surface area contributed by atoms with Crippen LogP contribution in [0.5, 0.6) is 0 Å². The number of aryl methyl sites for hydroxylation is 1. The average molecular weight is 266 g/mol. The van der Waals surface area contributed by atoms with Crippen molar-refractivity contribution in [2.75, 3.05) is 7.11 Å². The van der Waals surface area contributed by atoms with Crippen LogP contribution in [0.15, 0.2) is 24.3 Å². The summed E-state index contributed by atoms with van der Waals surface area (Å²) < 4.78 is 41.7. The Bertz CT molecular complexity index is 379. The Labute approximate surface area is 97.8 Å². The van der Waals surface area contributed by atoms with Crippen molar-refractivity contribution in [1.29, 1.82) is 0 Å². The second-order valence-corrected chi connectivity index (χ2v) is 6.04. The summed E-state index contributed by atoms with van der Waals surface area (Å²) in [4.78, 5) is 18.5. The monoisotopic (exact) mass is 266 g/mol. The fourth-order valence-electron chi connectivity index (χ4n) is 1.31. The van der Waals surface area contributed by atoms with Crippen molar-refractivity contribution < 1.29 is 27.2 Å². The Balaban J connectivity index is 2.74. The summed E-state index contributed by atoms with van der Waals surface area (Å²) in [6.07, 6.45) is -4.25. The molecule has 0 unspecified atom stereocenters. The maximum Gasteiger partial charge on any atom is 0.495 e. The van der Waals surface area contributed by atoms with Crippen LogP contribution in [-0.4, -0.2) is 25.5 Å². The molecule has 1 rings (SSSR count). The number of hydrogen-bond acceptors (Lipinski definition) is 3. The first kappa shape index (κ1) is 14.2.